The van der Waals surface area contributed by atoms with E-state index >= 15 is 4.39 Å². The standard InChI is InChI=1S/C35H35F4N6O2/c1-3-28(46)44-12-9-21(18-44)17-43(2)33-27-16-40-30(26-14-23(32(38)39)13-22-7-4-5-8-25(22)26)29(37)31(27)41-34(42-33)47-20-35-10-6-11-45(35)19-24(36)15-35/h3-5,7-8,13-14,16-17,21,24,32H,1,6,9-12,15,18-20H2,2H3/q+1/t21?,24-,35+/m1/s1. The van der Waals surface area contributed by atoms with Crippen LogP contribution in [-0.4, -0.2) is 93.0 Å². The van der Waals surface area contributed by atoms with E-state index in [-0.39, 0.29) is 46.8 Å². The Balaban J connectivity index is 1.33. The number of ether oxygens (including phenoxy) is 1. The van der Waals surface area contributed by atoms with Crippen LogP contribution in [0.25, 0.3) is 32.9 Å². The monoisotopic (exact) mass is 647 g/mol. The van der Waals surface area contributed by atoms with Crippen molar-refractivity contribution in [1.82, 2.24) is 24.8 Å². The predicted molar refractivity (Wildman–Crippen MR) is 171 cm³/mol. The number of likely N-dealkylation sites (tertiary alicyclic amines) is 1. The third kappa shape index (κ3) is 5.72. The molecule has 3 aliphatic rings. The summed E-state index contributed by atoms with van der Waals surface area (Å²) >= 11 is 0. The zero-order chi connectivity index (χ0) is 32.9. The number of amides is 1. The number of pyridine rings is 1. The van der Waals surface area contributed by atoms with Crippen molar-refractivity contribution in [3.05, 3.63) is 66.6 Å². The van der Waals surface area contributed by atoms with Crippen molar-refractivity contribution < 1.29 is 31.7 Å². The molecule has 2 aromatic carbocycles. The van der Waals surface area contributed by atoms with E-state index in [2.05, 4.69) is 26.4 Å². The van der Waals surface area contributed by atoms with Gasteiger partial charge in [0.1, 0.15) is 29.4 Å². The van der Waals surface area contributed by atoms with E-state index < -0.39 is 24.0 Å². The molecule has 1 unspecified atom stereocenters. The topological polar surface area (TPSA) is 74.5 Å². The molecule has 3 aliphatic heterocycles. The minimum Gasteiger partial charge on any atom is -0.443 e. The van der Waals surface area contributed by atoms with E-state index in [9.17, 15) is 18.0 Å². The normalized spacial score (nSPS) is 23.3. The number of halogens is 4. The van der Waals surface area contributed by atoms with Crippen LogP contribution in [-0.2, 0) is 4.79 Å². The largest absolute Gasteiger partial charge is 0.443 e. The maximum Gasteiger partial charge on any atom is 0.434 e. The lowest BCUT2D eigenvalue weighted by molar-refractivity contribution is -0.405. The minimum atomic E-state index is -2.76. The number of carbonyl (C=O) groups excluding carboxylic acids is 1. The predicted octanol–water partition coefficient (Wildman–Crippen LogP) is 6.26. The number of hydrogen-bond donors (Lipinski definition) is 0. The molecule has 0 radical (unpaired) electrons. The van der Waals surface area contributed by atoms with Crippen LogP contribution >= 0.6 is 0 Å². The summed E-state index contributed by atoms with van der Waals surface area (Å²) in [5.41, 5.74) is -0.696. The molecule has 1 amide bonds. The summed E-state index contributed by atoms with van der Waals surface area (Å²) in [6.07, 6.45) is 3.74. The van der Waals surface area contributed by atoms with Gasteiger partial charge >= 0.3 is 11.8 Å². The highest BCUT2D eigenvalue weighted by atomic mass is 19.3. The molecule has 0 aliphatic carbocycles. The van der Waals surface area contributed by atoms with Crippen molar-refractivity contribution >= 4 is 39.6 Å². The summed E-state index contributed by atoms with van der Waals surface area (Å²) < 4.78 is 66.9. The van der Waals surface area contributed by atoms with Crippen LogP contribution in [0.2, 0.25) is 0 Å². The van der Waals surface area contributed by atoms with Crippen molar-refractivity contribution in [2.45, 2.75) is 43.8 Å². The van der Waals surface area contributed by atoms with Gasteiger partial charge in [-0.25, -0.2) is 22.1 Å². The van der Waals surface area contributed by atoms with Crippen LogP contribution in [0.5, 0.6) is 6.01 Å². The number of rotatable bonds is 8. The van der Waals surface area contributed by atoms with Crippen LogP contribution in [0.15, 0.2) is 55.3 Å². The molecule has 0 spiro atoms. The van der Waals surface area contributed by atoms with Gasteiger partial charge in [-0.3, -0.25) is 14.7 Å². The third-order valence-corrected chi connectivity index (χ3v) is 9.75. The molecular formula is C35H35F4N6O2+. The molecule has 3 fully saturated rings. The first kappa shape index (κ1) is 31.2. The van der Waals surface area contributed by atoms with Crippen LogP contribution in [0.3, 0.4) is 0 Å². The van der Waals surface area contributed by atoms with Gasteiger partial charge < -0.3 is 9.64 Å². The number of aromatic nitrogens is 3. The van der Waals surface area contributed by atoms with E-state index in [1.165, 1.54) is 24.4 Å². The van der Waals surface area contributed by atoms with Gasteiger partial charge in [0.05, 0.1) is 18.8 Å². The second-order valence-electron chi connectivity index (χ2n) is 12.8. The summed E-state index contributed by atoms with van der Waals surface area (Å²) in [5.74, 6) is -0.602. The molecule has 47 heavy (non-hydrogen) atoms. The third-order valence-electron chi connectivity index (χ3n) is 9.75. The van der Waals surface area contributed by atoms with Crippen molar-refractivity contribution in [2.24, 2.45) is 5.92 Å². The van der Waals surface area contributed by atoms with Gasteiger partial charge in [-0.15, -0.1) is 0 Å². The smallest absolute Gasteiger partial charge is 0.434 e. The van der Waals surface area contributed by atoms with Crippen LogP contribution in [0, 0.1) is 11.7 Å². The highest BCUT2D eigenvalue weighted by molar-refractivity contribution is 5.99. The van der Waals surface area contributed by atoms with Crippen LogP contribution in [0.4, 0.5) is 23.4 Å². The number of alkyl halides is 3. The lowest BCUT2D eigenvalue weighted by Gasteiger charge is -2.30. The summed E-state index contributed by atoms with van der Waals surface area (Å²) in [6.45, 7) is 5.94. The quantitative estimate of drug-likeness (QED) is 0.0974. The number of benzene rings is 2. The summed E-state index contributed by atoms with van der Waals surface area (Å²) in [6, 6.07) is 9.51. The molecule has 244 valence electrons. The van der Waals surface area contributed by atoms with Crippen molar-refractivity contribution in [2.75, 3.05) is 39.8 Å². The molecular weight excluding hydrogens is 612 g/mol. The molecule has 0 N–H and O–H groups in total. The Hall–Kier alpha value is -4.45. The van der Waals surface area contributed by atoms with Gasteiger partial charge in [0.15, 0.2) is 5.82 Å². The van der Waals surface area contributed by atoms with Crippen LogP contribution < -0.4 is 4.74 Å². The van der Waals surface area contributed by atoms with E-state index in [0.29, 0.717) is 48.0 Å². The fourth-order valence-corrected chi connectivity index (χ4v) is 7.47. The molecule has 3 atom stereocenters. The zero-order valence-corrected chi connectivity index (χ0v) is 26.0. The zero-order valence-electron chi connectivity index (χ0n) is 26.0. The molecule has 0 saturated carbocycles. The van der Waals surface area contributed by atoms with Crippen molar-refractivity contribution in [3.8, 4) is 17.3 Å². The van der Waals surface area contributed by atoms with Gasteiger partial charge in [-0.2, -0.15) is 4.98 Å². The lowest BCUT2D eigenvalue weighted by atomic mass is 9.95. The van der Waals surface area contributed by atoms with E-state index in [4.69, 9.17) is 4.74 Å². The first-order chi connectivity index (χ1) is 22.7. The fourth-order valence-electron chi connectivity index (χ4n) is 7.47. The van der Waals surface area contributed by atoms with E-state index in [1.54, 1.807) is 40.8 Å². The average molecular weight is 648 g/mol. The van der Waals surface area contributed by atoms with Crippen molar-refractivity contribution in [1.29, 1.82) is 0 Å². The Morgan fingerprint density at radius 3 is 2.83 bits per heavy atom. The van der Waals surface area contributed by atoms with Gasteiger partial charge in [0.25, 0.3) is 6.43 Å². The molecule has 12 heteroatoms. The second kappa shape index (κ2) is 12.3. The summed E-state index contributed by atoms with van der Waals surface area (Å²) in [5, 5.41) is 1.40. The lowest BCUT2D eigenvalue weighted by Crippen LogP contribution is -2.43. The number of nitrogens with zero attached hydrogens (tertiary/aromatic N) is 6. The SMILES string of the molecule is C=CC(=O)N1CCC(C=[N+](C)c2nc(OC[C@@]34CCCN3C[C@H](F)C4)nc3c(F)c(-c4cc(C(F)F)cc5ccccc45)ncc23)C1. The van der Waals surface area contributed by atoms with Gasteiger partial charge in [0, 0.05) is 54.3 Å². The maximum absolute atomic E-state index is 16.7. The molecule has 8 nitrogen and oxygen atoms in total. The molecule has 4 aromatic rings. The Kier molecular flexibility index (Phi) is 8.15. The maximum atomic E-state index is 16.7. The summed E-state index contributed by atoms with van der Waals surface area (Å²) in [7, 11) is 1.77. The van der Waals surface area contributed by atoms with E-state index in [1.807, 2.05) is 6.21 Å². The van der Waals surface area contributed by atoms with Gasteiger partial charge in [-0.05, 0) is 54.8 Å². The fraction of sp³-hybridized carbons (Fsp3) is 0.400. The van der Waals surface area contributed by atoms with Gasteiger partial charge in [0.2, 0.25) is 5.91 Å². The Bertz CT molecular complexity index is 1920. The second-order valence-corrected chi connectivity index (χ2v) is 12.8. The first-order valence-corrected chi connectivity index (χ1v) is 15.8. The highest BCUT2D eigenvalue weighted by Crippen LogP contribution is 2.41. The molecule has 0 bridgehead atoms. The van der Waals surface area contributed by atoms with Gasteiger partial charge in [-0.1, -0.05) is 30.8 Å². The number of hydrogen-bond acceptors (Lipinski definition) is 6. The highest BCUT2D eigenvalue weighted by Gasteiger charge is 2.49. The summed E-state index contributed by atoms with van der Waals surface area (Å²) in [4.78, 5) is 29.6. The van der Waals surface area contributed by atoms with Crippen LogP contribution in [0.1, 0.15) is 37.7 Å². The number of carbonyl (C=O) groups is 1. The van der Waals surface area contributed by atoms with Crippen molar-refractivity contribution in [3.63, 3.8) is 0 Å². The Morgan fingerprint density at radius 1 is 1.19 bits per heavy atom. The number of fused-ring (bicyclic) bond motifs is 3. The Labute approximate surface area is 269 Å². The van der Waals surface area contributed by atoms with E-state index in [0.717, 1.165) is 25.8 Å². The molecule has 7 rings (SSSR count). The minimum absolute atomic E-state index is 0.00438. The Morgan fingerprint density at radius 2 is 2.02 bits per heavy atom. The average Bonchev–Trinajstić information content (AvgIpc) is 3.77. The molecule has 2 aromatic heterocycles. The molecule has 5 heterocycles. The first-order valence-electron chi connectivity index (χ1n) is 15.8. The molecule has 3 saturated heterocycles.